The van der Waals surface area contributed by atoms with E-state index in [1.165, 1.54) is 23.4 Å². The van der Waals surface area contributed by atoms with Crippen LogP contribution in [-0.2, 0) is 38.7 Å². The first-order valence-corrected chi connectivity index (χ1v) is 16.8. The quantitative estimate of drug-likeness (QED) is 0.0717. The second-order valence-electron chi connectivity index (χ2n) is 11.1. The molecule has 270 valence electrons. The van der Waals surface area contributed by atoms with Crippen molar-refractivity contribution in [3.8, 4) is 0 Å². The van der Waals surface area contributed by atoms with Gasteiger partial charge in [0.15, 0.2) is 0 Å². The zero-order chi connectivity index (χ0) is 36.2. The highest BCUT2D eigenvalue weighted by atomic mass is 32.2. The number of hydrogen-bond donors (Lipinski definition) is 4. The van der Waals surface area contributed by atoms with E-state index in [0.29, 0.717) is 19.7 Å². The number of benzene rings is 2. The number of carbonyl (C=O) groups is 4. The number of amides is 2. The Bertz CT molecular complexity index is 1600. The summed E-state index contributed by atoms with van der Waals surface area (Å²) in [6.07, 6.45) is -2.94. The van der Waals surface area contributed by atoms with E-state index in [-0.39, 0.29) is 43.2 Å². The SMILES string of the molecule is CCOC(=O)CCN(C(=O)[C@H](CC(=O)NC[C@@H]1CN(C=NN)CCO1)NS(=O)(=O)c1ccc2ccccc2c1)C1CC1.O=C(O)C(F)(F)F. The number of aliphatic carboxylic acids is 1. The molecule has 2 fully saturated rings. The van der Waals surface area contributed by atoms with Gasteiger partial charge in [0.25, 0.3) is 0 Å². The highest BCUT2D eigenvalue weighted by Gasteiger charge is 2.39. The van der Waals surface area contributed by atoms with Gasteiger partial charge in [-0.15, -0.1) is 0 Å². The molecule has 0 radical (unpaired) electrons. The molecule has 0 spiro atoms. The molecule has 1 saturated carbocycles. The number of sulfonamides is 1. The molecule has 4 rings (SSSR count). The van der Waals surface area contributed by atoms with E-state index in [0.717, 1.165) is 23.6 Å². The number of nitrogens with two attached hydrogens (primary N) is 1. The first-order chi connectivity index (χ1) is 23.1. The van der Waals surface area contributed by atoms with Gasteiger partial charge < -0.3 is 35.5 Å². The van der Waals surface area contributed by atoms with E-state index in [1.807, 2.05) is 17.0 Å². The number of hydrazone groups is 1. The minimum Gasteiger partial charge on any atom is -0.475 e. The summed E-state index contributed by atoms with van der Waals surface area (Å²) in [7, 11) is -4.20. The van der Waals surface area contributed by atoms with Crippen LogP contribution in [0.15, 0.2) is 52.5 Å². The Balaban J connectivity index is 0.000000838. The number of carboxylic acids is 1. The van der Waals surface area contributed by atoms with Crippen LogP contribution in [0.2, 0.25) is 0 Å². The maximum Gasteiger partial charge on any atom is 0.490 e. The Kier molecular flexibility index (Phi) is 14.1. The van der Waals surface area contributed by atoms with E-state index >= 15 is 0 Å². The van der Waals surface area contributed by atoms with Crippen LogP contribution in [-0.4, -0.2) is 117 Å². The van der Waals surface area contributed by atoms with E-state index in [9.17, 15) is 36.0 Å². The summed E-state index contributed by atoms with van der Waals surface area (Å²) in [5, 5.41) is 15.0. The lowest BCUT2D eigenvalue weighted by Crippen LogP contribution is -2.52. The largest absolute Gasteiger partial charge is 0.490 e. The van der Waals surface area contributed by atoms with Gasteiger partial charge in [0, 0.05) is 32.2 Å². The van der Waals surface area contributed by atoms with E-state index in [2.05, 4.69) is 15.1 Å². The van der Waals surface area contributed by atoms with Crippen molar-refractivity contribution in [1.29, 1.82) is 0 Å². The predicted octanol–water partition coefficient (Wildman–Crippen LogP) is 1.17. The van der Waals surface area contributed by atoms with Gasteiger partial charge in [-0.3, -0.25) is 14.4 Å². The molecule has 2 aliphatic rings. The highest BCUT2D eigenvalue weighted by Crippen LogP contribution is 2.28. The molecule has 49 heavy (non-hydrogen) atoms. The molecule has 1 aliphatic carbocycles. The van der Waals surface area contributed by atoms with Crippen LogP contribution in [0.4, 0.5) is 13.2 Å². The Hall–Kier alpha value is -4.49. The molecule has 1 heterocycles. The Labute approximate surface area is 280 Å². The summed E-state index contributed by atoms with van der Waals surface area (Å²) >= 11 is 0. The van der Waals surface area contributed by atoms with E-state index in [4.69, 9.17) is 25.2 Å². The Morgan fingerprint density at radius 2 is 1.86 bits per heavy atom. The third-order valence-electron chi connectivity index (χ3n) is 7.32. The monoisotopic (exact) mass is 716 g/mol. The van der Waals surface area contributed by atoms with Crippen LogP contribution < -0.4 is 15.9 Å². The van der Waals surface area contributed by atoms with Crippen molar-refractivity contribution < 1.29 is 55.3 Å². The number of alkyl halides is 3. The highest BCUT2D eigenvalue weighted by molar-refractivity contribution is 7.89. The number of fused-ring (bicyclic) bond motifs is 1. The van der Waals surface area contributed by atoms with Crippen LogP contribution in [0.3, 0.4) is 0 Å². The number of hydrogen-bond acceptors (Lipinski definition) is 10. The predicted molar refractivity (Wildman–Crippen MR) is 169 cm³/mol. The van der Waals surface area contributed by atoms with Crippen LogP contribution in [0.25, 0.3) is 10.8 Å². The van der Waals surface area contributed by atoms with Crippen LogP contribution in [0.1, 0.15) is 32.6 Å². The van der Waals surface area contributed by atoms with Crippen molar-refractivity contribution >= 4 is 50.9 Å². The molecule has 0 aromatic heterocycles. The van der Waals surface area contributed by atoms with Crippen LogP contribution in [0, 0.1) is 0 Å². The lowest BCUT2D eigenvalue weighted by Gasteiger charge is -2.31. The smallest absolute Gasteiger partial charge is 0.475 e. The van der Waals surface area contributed by atoms with Crippen LogP contribution in [0.5, 0.6) is 0 Å². The number of halogens is 3. The summed E-state index contributed by atoms with van der Waals surface area (Å²) in [5.74, 6) is 0.927. The number of morpholine rings is 1. The van der Waals surface area contributed by atoms with Gasteiger partial charge in [0.05, 0.1) is 37.1 Å². The molecule has 1 saturated heterocycles. The molecule has 19 heteroatoms. The van der Waals surface area contributed by atoms with Gasteiger partial charge in [-0.1, -0.05) is 30.3 Å². The Morgan fingerprint density at radius 3 is 2.47 bits per heavy atom. The lowest BCUT2D eigenvalue weighted by molar-refractivity contribution is -0.192. The number of carboxylic acid groups (broad SMARTS) is 1. The fourth-order valence-electron chi connectivity index (χ4n) is 4.82. The zero-order valence-electron chi connectivity index (χ0n) is 26.6. The molecule has 1 aliphatic heterocycles. The van der Waals surface area contributed by atoms with Gasteiger partial charge >= 0.3 is 18.1 Å². The van der Waals surface area contributed by atoms with Crippen molar-refractivity contribution in [2.24, 2.45) is 10.9 Å². The minimum absolute atomic E-state index is 0.0267. The minimum atomic E-state index is -5.08. The third-order valence-corrected chi connectivity index (χ3v) is 8.79. The van der Waals surface area contributed by atoms with Crippen molar-refractivity contribution in [2.45, 2.75) is 61.9 Å². The molecule has 5 N–H and O–H groups in total. The topological polar surface area (TPSA) is 210 Å². The van der Waals surface area contributed by atoms with Crippen molar-refractivity contribution in [3.05, 3.63) is 42.5 Å². The average Bonchev–Trinajstić information content (AvgIpc) is 3.89. The summed E-state index contributed by atoms with van der Waals surface area (Å²) in [4.78, 5) is 51.1. The van der Waals surface area contributed by atoms with Gasteiger partial charge in [-0.2, -0.15) is 23.0 Å². The molecule has 0 unspecified atom stereocenters. The maximum atomic E-state index is 13.8. The first kappa shape index (κ1) is 39.0. The molecule has 2 aromatic rings. The summed E-state index contributed by atoms with van der Waals surface area (Å²) in [6, 6.07) is 10.5. The molecule has 2 atom stereocenters. The molecule has 15 nitrogen and oxygen atoms in total. The summed E-state index contributed by atoms with van der Waals surface area (Å²) in [5.41, 5.74) is 0. The summed E-state index contributed by atoms with van der Waals surface area (Å²) < 4.78 is 71.9. The second kappa shape index (κ2) is 17.8. The fourth-order valence-corrected chi connectivity index (χ4v) is 6.05. The molecular weight excluding hydrogens is 677 g/mol. The van der Waals surface area contributed by atoms with Crippen molar-refractivity contribution in [2.75, 3.05) is 39.4 Å². The maximum absolute atomic E-state index is 13.8. The van der Waals surface area contributed by atoms with Gasteiger partial charge in [-0.05, 0) is 42.7 Å². The normalized spacial score (nSPS) is 17.1. The number of rotatable bonds is 14. The number of ether oxygens (including phenoxy) is 2. The standard InChI is InChI=1S/C28H38N6O7S.C2HF3O2/c1-2-40-27(36)11-12-34(22-8-9-22)28(37)25(16-26(35)30-17-23-18-33(19-31-29)13-14-41-23)32-42(38,39)24-10-7-20-5-3-4-6-21(20)15-24;3-2(4,5)1(6)7/h3-7,10,15,19,22-23,25,32H,2,8-9,11-14,16-18,29H2,1H3,(H,30,35);(H,6,7)/t23-,25+;/m1./s1. The average molecular weight is 717 g/mol. The van der Waals surface area contributed by atoms with Gasteiger partial charge in [-0.25, -0.2) is 13.2 Å². The van der Waals surface area contributed by atoms with E-state index < -0.39 is 52.4 Å². The summed E-state index contributed by atoms with van der Waals surface area (Å²) in [6.45, 7) is 3.62. The second-order valence-corrected chi connectivity index (χ2v) is 12.8. The Morgan fingerprint density at radius 1 is 1.18 bits per heavy atom. The molecule has 0 bridgehead atoms. The number of nitrogens with one attached hydrogen (secondary N) is 2. The van der Waals surface area contributed by atoms with Gasteiger partial charge in [0.2, 0.25) is 21.8 Å². The molecule has 2 aromatic carbocycles. The number of esters is 1. The fraction of sp³-hybridized carbons (Fsp3) is 0.500. The van der Waals surface area contributed by atoms with Gasteiger partial charge in [0.1, 0.15) is 12.4 Å². The number of nitrogens with zero attached hydrogens (tertiary/aromatic N) is 3. The van der Waals surface area contributed by atoms with Crippen LogP contribution >= 0.6 is 0 Å². The van der Waals surface area contributed by atoms with E-state index in [1.54, 1.807) is 25.1 Å². The van der Waals surface area contributed by atoms with Crippen molar-refractivity contribution in [3.63, 3.8) is 0 Å². The third kappa shape index (κ3) is 12.5. The zero-order valence-corrected chi connectivity index (χ0v) is 27.4. The molecular formula is C30H39F3N6O9S. The first-order valence-electron chi connectivity index (χ1n) is 15.3. The lowest BCUT2D eigenvalue weighted by atomic mass is 10.1. The molecule has 2 amide bonds. The van der Waals surface area contributed by atoms with Crippen molar-refractivity contribution in [1.82, 2.24) is 19.8 Å². The number of carbonyl (C=O) groups excluding carboxylic acids is 3.